The number of carbonyl (C=O) groups excluding carboxylic acids is 2. The standard InChI is InChI=1S/C30H38N4O4/c1-30(2,3)38-29(36)32-14-12-23(13-15-32)18-33-19-26(22-37-21-24-8-5-4-6-9-24)20-34(28(33)35)27-11-7-10-25(16-27)17-31/h4-11,16,23,26H,12-15,18-22H2,1-3H3. The lowest BCUT2D eigenvalue weighted by Crippen LogP contribution is -2.56. The van der Waals surface area contributed by atoms with E-state index in [1.54, 1.807) is 21.9 Å². The first kappa shape index (κ1) is 27.5. The highest BCUT2D eigenvalue weighted by atomic mass is 16.6. The average molecular weight is 519 g/mol. The third-order valence-corrected chi connectivity index (χ3v) is 6.92. The van der Waals surface area contributed by atoms with Gasteiger partial charge in [-0.15, -0.1) is 0 Å². The lowest BCUT2D eigenvalue weighted by Gasteiger charge is -2.42. The number of ether oxygens (including phenoxy) is 2. The summed E-state index contributed by atoms with van der Waals surface area (Å²) < 4.78 is 11.6. The van der Waals surface area contributed by atoms with E-state index in [9.17, 15) is 14.9 Å². The molecule has 38 heavy (non-hydrogen) atoms. The van der Waals surface area contributed by atoms with Crippen molar-refractivity contribution in [3.05, 3.63) is 65.7 Å². The zero-order valence-electron chi connectivity index (χ0n) is 22.6. The number of likely N-dealkylation sites (tertiary alicyclic amines) is 1. The van der Waals surface area contributed by atoms with Crippen molar-refractivity contribution >= 4 is 17.8 Å². The molecule has 2 aliphatic heterocycles. The number of rotatable bonds is 7. The highest BCUT2D eigenvalue weighted by Gasteiger charge is 2.35. The molecule has 2 aliphatic rings. The number of hydrogen-bond acceptors (Lipinski definition) is 5. The van der Waals surface area contributed by atoms with E-state index >= 15 is 0 Å². The smallest absolute Gasteiger partial charge is 0.410 e. The second-order valence-corrected chi connectivity index (χ2v) is 11.2. The third-order valence-electron chi connectivity index (χ3n) is 6.92. The molecule has 4 rings (SSSR count). The molecule has 0 bridgehead atoms. The molecule has 0 saturated carbocycles. The second-order valence-electron chi connectivity index (χ2n) is 11.2. The number of urea groups is 1. The van der Waals surface area contributed by atoms with Gasteiger partial charge in [-0.05, 0) is 63.3 Å². The molecule has 2 aromatic rings. The van der Waals surface area contributed by atoms with Gasteiger partial charge in [0.05, 0.1) is 24.8 Å². The van der Waals surface area contributed by atoms with Crippen LogP contribution in [0, 0.1) is 23.2 Å². The van der Waals surface area contributed by atoms with Crippen LogP contribution in [0.5, 0.6) is 0 Å². The van der Waals surface area contributed by atoms with E-state index in [1.165, 1.54) is 0 Å². The van der Waals surface area contributed by atoms with Crippen LogP contribution in [0.2, 0.25) is 0 Å². The molecule has 0 aliphatic carbocycles. The molecule has 2 aromatic carbocycles. The molecule has 202 valence electrons. The fraction of sp³-hybridized carbons (Fsp3) is 0.500. The van der Waals surface area contributed by atoms with Gasteiger partial charge in [0.2, 0.25) is 0 Å². The number of amides is 3. The van der Waals surface area contributed by atoms with Crippen molar-refractivity contribution in [3.8, 4) is 6.07 Å². The summed E-state index contributed by atoms with van der Waals surface area (Å²) >= 11 is 0. The van der Waals surface area contributed by atoms with Gasteiger partial charge in [0, 0.05) is 44.3 Å². The number of carbonyl (C=O) groups is 2. The van der Waals surface area contributed by atoms with Gasteiger partial charge in [-0.25, -0.2) is 9.59 Å². The molecule has 8 nitrogen and oxygen atoms in total. The number of hydrogen-bond donors (Lipinski definition) is 0. The molecule has 2 heterocycles. The van der Waals surface area contributed by atoms with Gasteiger partial charge < -0.3 is 19.3 Å². The first-order chi connectivity index (χ1) is 18.2. The van der Waals surface area contributed by atoms with Gasteiger partial charge in [-0.1, -0.05) is 36.4 Å². The van der Waals surface area contributed by atoms with Crippen LogP contribution >= 0.6 is 0 Å². The summed E-state index contributed by atoms with van der Waals surface area (Å²) in [4.78, 5) is 31.5. The largest absolute Gasteiger partial charge is 0.444 e. The minimum Gasteiger partial charge on any atom is -0.444 e. The van der Waals surface area contributed by atoms with Crippen LogP contribution < -0.4 is 4.90 Å². The Morgan fingerprint density at radius 1 is 1.03 bits per heavy atom. The normalized spacial score (nSPS) is 18.8. The molecule has 1 unspecified atom stereocenters. The number of nitrogens with zero attached hydrogens (tertiary/aromatic N) is 4. The summed E-state index contributed by atoms with van der Waals surface area (Å²) in [5.74, 6) is 0.429. The Hall–Kier alpha value is -3.57. The molecule has 1 atom stereocenters. The zero-order chi connectivity index (χ0) is 27.1. The SMILES string of the molecule is CC(C)(C)OC(=O)N1CCC(CN2CC(COCc3ccccc3)CN(c3cccc(C#N)c3)C2=O)CC1. The van der Waals surface area contributed by atoms with Crippen LogP contribution in [0.3, 0.4) is 0 Å². The van der Waals surface area contributed by atoms with Crippen molar-refractivity contribution in [1.82, 2.24) is 9.80 Å². The molecule has 0 N–H and O–H groups in total. The summed E-state index contributed by atoms with van der Waals surface area (Å²) in [6, 6.07) is 19.4. The van der Waals surface area contributed by atoms with E-state index in [4.69, 9.17) is 9.47 Å². The Bertz CT molecular complexity index is 1130. The predicted octanol–water partition coefficient (Wildman–Crippen LogP) is 5.28. The Kier molecular flexibility index (Phi) is 8.90. The molecule has 0 radical (unpaired) electrons. The summed E-state index contributed by atoms with van der Waals surface area (Å²) in [7, 11) is 0. The van der Waals surface area contributed by atoms with Crippen molar-refractivity contribution in [2.45, 2.75) is 45.8 Å². The summed E-state index contributed by atoms with van der Waals surface area (Å²) in [6.07, 6.45) is 1.37. The van der Waals surface area contributed by atoms with Crippen molar-refractivity contribution in [3.63, 3.8) is 0 Å². The van der Waals surface area contributed by atoms with Gasteiger partial charge in [-0.3, -0.25) is 4.90 Å². The van der Waals surface area contributed by atoms with Crippen molar-refractivity contribution in [2.75, 3.05) is 44.2 Å². The Labute approximate surface area is 225 Å². The fourth-order valence-corrected chi connectivity index (χ4v) is 5.03. The van der Waals surface area contributed by atoms with Gasteiger partial charge in [0.25, 0.3) is 0 Å². The zero-order valence-corrected chi connectivity index (χ0v) is 22.6. The minimum atomic E-state index is -0.516. The highest BCUT2D eigenvalue weighted by Crippen LogP contribution is 2.27. The number of benzene rings is 2. The van der Waals surface area contributed by atoms with E-state index in [1.807, 2.05) is 68.1 Å². The summed E-state index contributed by atoms with van der Waals surface area (Å²) in [5, 5.41) is 9.37. The predicted molar refractivity (Wildman–Crippen MR) is 146 cm³/mol. The lowest BCUT2D eigenvalue weighted by molar-refractivity contribution is 0.0165. The quantitative estimate of drug-likeness (QED) is 0.498. The molecule has 0 aromatic heterocycles. The van der Waals surface area contributed by atoms with Crippen LogP contribution in [-0.4, -0.2) is 66.9 Å². The van der Waals surface area contributed by atoms with Crippen molar-refractivity contribution in [2.24, 2.45) is 11.8 Å². The first-order valence-corrected chi connectivity index (χ1v) is 13.4. The second kappa shape index (κ2) is 12.3. The lowest BCUT2D eigenvalue weighted by atomic mass is 9.95. The van der Waals surface area contributed by atoms with Crippen LogP contribution in [0.25, 0.3) is 0 Å². The molecule has 3 amide bonds. The maximum absolute atomic E-state index is 13.6. The van der Waals surface area contributed by atoms with Crippen LogP contribution in [0.15, 0.2) is 54.6 Å². The maximum Gasteiger partial charge on any atom is 0.410 e. The fourth-order valence-electron chi connectivity index (χ4n) is 5.03. The average Bonchev–Trinajstić information content (AvgIpc) is 2.90. The monoisotopic (exact) mass is 518 g/mol. The van der Waals surface area contributed by atoms with Gasteiger partial charge in [0.15, 0.2) is 0 Å². The summed E-state index contributed by atoms with van der Waals surface area (Å²) in [5.41, 5.74) is 1.86. The van der Waals surface area contributed by atoms with Gasteiger partial charge in [0.1, 0.15) is 5.60 Å². The topological polar surface area (TPSA) is 86.1 Å². The Balaban J connectivity index is 1.40. The Morgan fingerprint density at radius 2 is 1.76 bits per heavy atom. The molecule has 0 spiro atoms. The van der Waals surface area contributed by atoms with Crippen molar-refractivity contribution < 1.29 is 19.1 Å². The first-order valence-electron chi connectivity index (χ1n) is 13.4. The van der Waals surface area contributed by atoms with E-state index in [-0.39, 0.29) is 18.0 Å². The van der Waals surface area contributed by atoms with E-state index in [0.717, 1.165) is 24.1 Å². The number of piperidine rings is 1. The maximum atomic E-state index is 13.6. The molecule has 8 heteroatoms. The molecule has 2 saturated heterocycles. The molecular formula is C30H38N4O4. The van der Waals surface area contributed by atoms with Gasteiger partial charge in [-0.2, -0.15) is 5.26 Å². The Morgan fingerprint density at radius 3 is 2.45 bits per heavy atom. The summed E-state index contributed by atoms with van der Waals surface area (Å²) in [6.45, 7) is 9.71. The van der Waals surface area contributed by atoms with Crippen LogP contribution in [0.4, 0.5) is 15.3 Å². The van der Waals surface area contributed by atoms with E-state index < -0.39 is 5.60 Å². The minimum absolute atomic E-state index is 0.0472. The van der Waals surface area contributed by atoms with Crippen LogP contribution in [-0.2, 0) is 16.1 Å². The molecule has 2 fully saturated rings. The third kappa shape index (κ3) is 7.48. The highest BCUT2D eigenvalue weighted by molar-refractivity contribution is 5.93. The van der Waals surface area contributed by atoms with Gasteiger partial charge >= 0.3 is 12.1 Å². The molecular weight excluding hydrogens is 480 g/mol. The number of nitriles is 1. The van der Waals surface area contributed by atoms with E-state index in [0.29, 0.717) is 57.4 Å². The number of anilines is 1. The van der Waals surface area contributed by atoms with Crippen LogP contribution in [0.1, 0.15) is 44.7 Å². The van der Waals surface area contributed by atoms with Crippen molar-refractivity contribution in [1.29, 1.82) is 5.26 Å². The van der Waals surface area contributed by atoms with E-state index in [2.05, 4.69) is 6.07 Å².